The fourth-order valence-corrected chi connectivity index (χ4v) is 7.96. The number of phenols is 1. The number of rotatable bonds is 11. The van der Waals surface area contributed by atoms with E-state index < -0.39 is 40.8 Å². The standard InChI is InChI=1S/C34H29BrFN5O7S2/c35-22-1-4-24(5-2-22)49-18-28(44)38-29-32(46)41-30(34(47)48)21(17-50-33(29)41)13-20-9-12-40(31(20)45)15-19-7-10-39(11-8-19)16-27(43)37-23-3-6-26(42)25(36)14-23/h1-8,10-11,13-14,29,33H,9,12,15-18H2,(H3-,37,38,42,43,44,47,48)/p+1/t29-,33-/m1/s1. The van der Waals surface area contributed by atoms with Crippen LogP contribution in [0.4, 0.5) is 10.1 Å². The number of carbonyl (C=O) groups is 5. The number of halogens is 2. The Morgan fingerprint density at radius 2 is 1.82 bits per heavy atom. The number of aromatic nitrogens is 1. The van der Waals surface area contributed by atoms with Gasteiger partial charge in [-0.2, -0.15) is 4.57 Å². The first-order chi connectivity index (χ1) is 24.0. The number of pyridine rings is 1. The van der Waals surface area contributed by atoms with Gasteiger partial charge in [0.2, 0.25) is 18.4 Å². The second-order valence-corrected chi connectivity index (χ2v) is 14.7. The maximum Gasteiger partial charge on any atom is 0.352 e. The van der Waals surface area contributed by atoms with Crippen LogP contribution in [0.2, 0.25) is 0 Å². The third-order valence-corrected chi connectivity index (χ3v) is 11.0. The number of benzene rings is 2. The molecule has 0 radical (unpaired) electrons. The van der Waals surface area contributed by atoms with Crippen LogP contribution in [0.5, 0.6) is 5.75 Å². The number of amides is 4. The summed E-state index contributed by atoms with van der Waals surface area (Å²) in [4.78, 5) is 67.5. The lowest BCUT2D eigenvalue weighted by Gasteiger charge is -2.49. The molecule has 2 aromatic carbocycles. The van der Waals surface area contributed by atoms with E-state index in [9.17, 15) is 38.6 Å². The molecule has 0 bridgehead atoms. The van der Waals surface area contributed by atoms with Crippen molar-refractivity contribution < 1.29 is 43.1 Å². The molecule has 16 heteroatoms. The van der Waals surface area contributed by atoms with Crippen LogP contribution in [-0.2, 0) is 37.1 Å². The van der Waals surface area contributed by atoms with Gasteiger partial charge in [0, 0.05) is 57.7 Å². The minimum Gasteiger partial charge on any atom is -0.505 e. The third kappa shape index (κ3) is 7.87. The Kier molecular flexibility index (Phi) is 10.6. The lowest BCUT2D eigenvalue weighted by molar-refractivity contribution is -0.684. The summed E-state index contributed by atoms with van der Waals surface area (Å²) in [6, 6.07) is 13.8. The monoisotopic (exact) mass is 782 g/mol. The van der Waals surface area contributed by atoms with Gasteiger partial charge >= 0.3 is 5.97 Å². The van der Waals surface area contributed by atoms with E-state index in [0.29, 0.717) is 30.7 Å². The number of hydrogen-bond donors (Lipinski definition) is 4. The predicted molar refractivity (Wildman–Crippen MR) is 186 cm³/mol. The quantitative estimate of drug-likeness (QED) is 0.0752. The Hall–Kier alpha value is -4.67. The topological polar surface area (TPSA) is 160 Å². The molecule has 0 spiro atoms. The van der Waals surface area contributed by atoms with E-state index in [1.165, 1.54) is 34.5 Å². The Balaban J connectivity index is 1.04. The molecule has 258 valence electrons. The van der Waals surface area contributed by atoms with Gasteiger partial charge < -0.3 is 25.7 Å². The molecule has 2 atom stereocenters. The molecule has 50 heavy (non-hydrogen) atoms. The van der Waals surface area contributed by atoms with Crippen LogP contribution in [0, 0.1) is 5.82 Å². The second-order valence-electron chi connectivity index (χ2n) is 11.6. The van der Waals surface area contributed by atoms with Crippen molar-refractivity contribution in [2.45, 2.75) is 35.8 Å². The van der Waals surface area contributed by atoms with E-state index >= 15 is 0 Å². The van der Waals surface area contributed by atoms with E-state index in [1.807, 2.05) is 24.3 Å². The predicted octanol–water partition coefficient (Wildman–Crippen LogP) is 3.41. The number of anilines is 1. The largest absolute Gasteiger partial charge is 0.505 e. The van der Waals surface area contributed by atoms with Crippen LogP contribution in [0.1, 0.15) is 12.0 Å². The minimum atomic E-state index is -1.28. The Labute approximate surface area is 302 Å². The van der Waals surface area contributed by atoms with Gasteiger partial charge in [0.1, 0.15) is 17.1 Å². The summed E-state index contributed by atoms with van der Waals surface area (Å²) < 4.78 is 16.1. The molecule has 12 nitrogen and oxygen atoms in total. The summed E-state index contributed by atoms with van der Waals surface area (Å²) in [6.45, 7) is 0.673. The second kappa shape index (κ2) is 15.1. The van der Waals surface area contributed by atoms with Gasteiger partial charge in [-0.3, -0.25) is 24.1 Å². The van der Waals surface area contributed by atoms with Crippen LogP contribution in [0.25, 0.3) is 0 Å². The SMILES string of the molecule is O=C(C[n+]1ccc(CN2CCC(=CC3=C(C(=O)O)N4C(=O)[C@@H](NC(=O)CSc5ccc(Br)cc5)[C@H]4SC3)C2=O)cc1)Nc1ccc(O)c(F)c1. The number of carboxylic acid groups (broad SMARTS) is 1. The average Bonchev–Trinajstić information content (AvgIpc) is 3.43. The van der Waals surface area contributed by atoms with Gasteiger partial charge in [-0.05, 0) is 60.0 Å². The first kappa shape index (κ1) is 35.2. The molecule has 4 heterocycles. The number of aromatic hydroxyl groups is 1. The third-order valence-electron chi connectivity index (χ3n) is 8.15. The van der Waals surface area contributed by atoms with Gasteiger partial charge in [-0.15, -0.1) is 23.5 Å². The number of likely N-dealkylation sites (tertiary alicyclic amines) is 1. The summed E-state index contributed by atoms with van der Waals surface area (Å²) in [5, 5.41) is 24.1. The first-order valence-corrected chi connectivity index (χ1v) is 18.1. The maximum atomic E-state index is 13.6. The number of hydrogen-bond acceptors (Lipinski definition) is 8. The summed E-state index contributed by atoms with van der Waals surface area (Å²) >= 11 is 6.04. The maximum absolute atomic E-state index is 13.6. The van der Waals surface area contributed by atoms with Gasteiger partial charge in [0.05, 0.1) is 5.75 Å². The molecule has 3 aromatic rings. The molecule has 0 aliphatic carbocycles. The van der Waals surface area contributed by atoms with Crippen molar-refractivity contribution in [2.75, 3.05) is 23.4 Å². The number of nitrogens with one attached hydrogen (secondary N) is 2. The molecule has 2 fully saturated rings. The summed E-state index contributed by atoms with van der Waals surface area (Å²) in [6.07, 6.45) is 5.34. The number of aliphatic carboxylic acids is 1. The number of nitrogens with zero attached hydrogens (tertiary/aromatic N) is 3. The van der Waals surface area contributed by atoms with E-state index in [2.05, 4.69) is 26.6 Å². The molecule has 0 unspecified atom stereocenters. The van der Waals surface area contributed by atoms with Gasteiger partial charge in [-0.25, -0.2) is 9.18 Å². The summed E-state index contributed by atoms with van der Waals surface area (Å²) in [5.41, 5.74) is 1.65. The highest BCUT2D eigenvalue weighted by atomic mass is 79.9. The van der Waals surface area contributed by atoms with Crippen molar-refractivity contribution in [3.05, 3.63) is 106 Å². The van der Waals surface area contributed by atoms with E-state index in [1.54, 1.807) is 40.1 Å². The van der Waals surface area contributed by atoms with Crippen LogP contribution >= 0.6 is 39.5 Å². The van der Waals surface area contributed by atoms with E-state index in [0.717, 1.165) is 27.1 Å². The zero-order chi connectivity index (χ0) is 35.5. The molecule has 0 saturated carbocycles. The van der Waals surface area contributed by atoms with Crippen molar-refractivity contribution >= 4 is 74.7 Å². The average molecular weight is 784 g/mol. The zero-order valence-electron chi connectivity index (χ0n) is 26.2. The van der Waals surface area contributed by atoms with E-state index in [-0.39, 0.29) is 41.2 Å². The highest BCUT2D eigenvalue weighted by Gasteiger charge is 2.54. The lowest BCUT2D eigenvalue weighted by atomic mass is 10.0. The van der Waals surface area contributed by atoms with Crippen LogP contribution in [0.15, 0.2) is 99.3 Å². The van der Waals surface area contributed by atoms with Crippen LogP contribution < -0.4 is 15.2 Å². The number of carbonyl (C=O) groups excluding carboxylic acids is 4. The van der Waals surface area contributed by atoms with E-state index in [4.69, 9.17) is 0 Å². The molecule has 1 aromatic heterocycles. The number of phenolic OH excluding ortho intramolecular Hbond substituents is 1. The van der Waals surface area contributed by atoms with Crippen molar-refractivity contribution in [3.8, 4) is 5.75 Å². The minimum absolute atomic E-state index is 0.0450. The Morgan fingerprint density at radius 1 is 1.08 bits per heavy atom. The molecule has 3 aliphatic rings. The Morgan fingerprint density at radius 3 is 2.52 bits per heavy atom. The number of fused-ring (bicyclic) bond motifs is 1. The number of β-lactam (4-membered cyclic amide) rings is 1. The van der Waals surface area contributed by atoms with Crippen LogP contribution in [-0.4, -0.2) is 79.1 Å². The van der Waals surface area contributed by atoms with Crippen molar-refractivity contribution in [3.63, 3.8) is 0 Å². The summed E-state index contributed by atoms with van der Waals surface area (Å²) in [7, 11) is 0. The Bertz CT molecular complexity index is 1940. The van der Waals surface area contributed by atoms with Crippen molar-refractivity contribution in [1.82, 2.24) is 15.1 Å². The molecule has 6 rings (SSSR count). The highest BCUT2D eigenvalue weighted by Crippen LogP contribution is 2.41. The van der Waals surface area contributed by atoms with Gasteiger partial charge in [0.25, 0.3) is 11.8 Å². The molecule has 4 N–H and O–H groups in total. The van der Waals surface area contributed by atoms with Crippen molar-refractivity contribution in [1.29, 1.82) is 0 Å². The smallest absolute Gasteiger partial charge is 0.352 e. The molecular formula is C34H30BrFN5O7S2+. The lowest BCUT2D eigenvalue weighted by Crippen LogP contribution is -2.70. The normalized spacial score (nSPS) is 19.4. The first-order valence-electron chi connectivity index (χ1n) is 15.3. The zero-order valence-corrected chi connectivity index (χ0v) is 29.4. The number of thioether (sulfide) groups is 2. The van der Waals surface area contributed by atoms with Gasteiger partial charge in [-0.1, -0.05) is 15.9 Å². The van der Waals surface area contributed by atoms with Crippen LogP contribution in [0.3, 0.4) is 0 Å². The van der Waals surface area contributed by atoms with Crippen molar-refractivity contribution in [2.24, 2.45) is 0 Å². The summed E-state index contributed by atoms with van der Waals surface area (Å²) in [5.74, 6) is -3.76. The molecule has 4 amide bonds. The fraction of sp³-hybridized carbons (Fsp3) is 0.235. The molecule has 3 aliphatic heterocycles. The number of allylic oxidation sites excluding steroid dienone is 1. The molecule has 2 saturated heterocycles. The van der Waals surface area contributed by atoms with Gasteiger partial charge in [0.15, 0.2) is 24.0 Å². The fourth-order valence-electron chi connectivity index (χ4n) is 5.68. The highest BCUT2D eigenvalue weighted by molar-refractivity contribution is 9.10. The number of carboxylic acids is 1. The molecular weight excluding hydrogens is 753 g/mol.